The molecule has 0 aromatic rings. The first-order valence-corrected chi connectivity index (χ1v) is 3.51. The van der Waals surface area contributed by atoms with Gasteiger partial charge in [0, 0.05) is 0 Å². The molecule has 0 aromatic carbocycles. The van der Waals surface area contributed by atoms with Gasteiger partial charge in [0.1, 0.15) is 12.9 Å². The maximum absolute atomic E-state index is 9.68. The first-order chi connectivity index (χ1) is 4.77. The minimum atomic E-state index is -2.49. The Labute approximate surface area is 60.8 Å². The van der Waals surface area contributed by atoms with Gasteiger partial charge in [-0.15, -0.1) is 0 Å². The maximum Gasteiger partial charge on any atom is 0.145 e. The Morgan fingerprint density at radius 1 is 1.50 bits per heavy atom. The summed E-state index contributed by atoms with van der Waals surface area (Å²) in [5.41, 5.74) is 0. The van der Waals surface area contributed by atoms with Crippen LogP contribution in [0.5, 0.6) is 0 Å². The number of hydrogen-bond acceptors (Lipinski definition) is 5. The summed E-state index contributed by atoms with van der Waals surface area (Å²) in [4.78, 5) is 9.61. The number of aldehydes is 1. The number of hydrogen-bond donors (Lipinski definition) is 0. The molecule has 1 unspecified atom stereocenters. The highest BCUT2D eigenvalue weighted by Gasteiger charge is 1.86. The lowest BCUT2D eigenvalue weighted by Gasteiger charge is -2.04. The van der Waals surface area contributed by atoms with E-state index in [2.05, 4.69) is 8.92 Å². The van der Waals surface area contributed by atoms with Crippen LogP contribution in [0.25, 0.3) is 0 Å². The van der Waals surface area contributed by atoms with E-state index >= 15 is 0 Å². The lowest BCUT2D eigenvalue weighted by Crippen LogP contribution is -2.06. The van der Waals surface area contributed by atoms with Crippen LogP contribution >= 0.6 is 0 Å². The summed E-state index contributed by atoms with van der Waals surface area (Å²) in [5.74, 6) is 0. The van der Waals surface area contributed by atoms with Gasteiger partial charge in [0.05, 0.1) is 24.6 Å². The Morgan fingerprint density at radius 3 is 2.70 bits per heavy atom. The molecule has 6 heteroatoms. The Bertz CT molecular complexity index is 114. The van der Waals surface area contributed by atoms with Crippen LogP contribution in [0, 0.1) is 0 Å². The van der Waals surface area contributed by atoms with Crippen molar-refractivity contribution in [2.24, 2.45) is 0 Å². The number of ether oxygens (including phenoxy) is 1. The summed E-state index contributed by atoms with van der Waals surface area (Å²) >= 11 is -2.49. The van der Waals surface area contributed by atoms with Gasteiger partial charge in [0.15, 0.2) is 0 Å². The molecule has 0 aliphatic carbocycles. The molecule has 0 aliphatic rings. The molecule has 0 N–H and O–H groups in total. The maximum atomic E-state index is 9.68. The Morgan fingerprint density at radius 2 is 2.20 bits per heavy atom. The van der Waals surface area contributed by atoms with Crippen molar-refractivity contribution in [3.8, 4) is 0 Å². The number of carbonyl (C=O) groups excluding carboxylic acids is 1. The smallest absolute Gasteiger partial charge is 0.145 e. The van der Waals surface area contributed by atoms with E-state index in [1.807, 2.05) is 0 Å². The standard InChI is InChI=1S/C4H8O5S/c5-1-2-8-3-4-9-10(6)7/h1H,2-4H2,(H,6,7)/p-1. The third kappa shape index (κ3) is 7.70. The lowest BCUT2D eigenvalue weighted by molar-refractivity contribution is -0.112. The highest BCUT2D eigenvalue weighted by Crippen LogP contribution is 1.79. The average molecular weight is 167 g/mol. The molecule has 0 saturated heterocycles. The topological polar surface area (TPSA) is 75.7 Å². The fourth-order valence-corrected chi connectivity index (χ4v) is 0.497. The van der Waals surface area contributed by atoms with Gasteiger partial charge in [-0.1, -0.05) is 0 Å². The molecule has 0 saturated carbocycles. The third-order valence-electron chi connectivity index (χ3n) is 0.593. The fraction of sp³-hybridized carbons (Fsp3) is 0.750. The van der Waals surface area contributed by atoms with Crippen LogP contribution < -0.4 is 0 Å². The van der Waals surface area contributed by atoms with Crippen molar-refractivity contribution >= 4 is 17.6 Å². The zero-order valence-electron chi connectivity index (χ0n) is 5.15. The predicted octanol–water partition coefficient (Wildman–Crippen LogP) is -0.987. The van der Waals surface area contributed by atoms with Crippen molar-refractivity contribution in [3.63, 3.8) is 0 Å². The van der Waals surface area contributed by atoms with Gasteiger partial charge in [-0.2, -0.15) is 0 Å². The Kier molecular flexibility index (Phi) is 6.61. The average Bonchev–Trinajstić information content (AvgIpc) is 1.87. The summed E-state index contributed by atoms with van der Waals surface area (Å²) in [6, 6.07) is 0. The first kappa shape index (κ1) is 9.70. The van der Waals surface area contributed by atoms with Gasteiger partial charge < -0.3 is 14.1 Å². The second-order valence-corrected chi connectivity index (χ2v) is 1.91. The van der Waals surface area contributed by atoms with Crippen molar-refractivity contribution in [2.45, 2.75) is 0 Å². The summed E-state index contributed by atoms with van der Waals surface area (Å²) in [6.45, 7) is 0.0194. The molecule has 0 spiro atoms. The molecule has 0 aliphatic heterocycles. The van der Waals surface area contributed by atoms with E-state index in [1.54, 1.807) is 0 Å². The second-order valence-electron chi connectivity index (χ2n) is 1.27. The van der Waals surface area contributed by atoms with Gasteiger partial charge in [-0.3, -0.25) is 4.18 Å². The molecule has 0 aromatic heterocycles. The molecule has 1 atom stereocenters. The van der Waals surface area contributed by atoms with Gasteiger partial charge in [0.2, 0.25) is 0 Å². The van der Waals surface area contributed by atoms with Crippen LogP contribution in [0.1, 0.15) is 0 Å². The monoisotopic (exact) mass is 167 g/mol. The van der Waals surface area contributed by atoms with Crippen LogP contribution in [0.4, 0.5) is 0 Å². The van der Waals surface area contributed by atoms with Crippen molar-refractivity contribution in [2.75, 3.05) is 19.8 Å². The van der Waals surface area contributed by atoms with E-state index in [-0.39, 0.29) is 19.8 Å². The van der Waals surface area contributed by atoms with Crippen LogP contribution in [0.15, 0.2) is 0 Å². The lowest BCUT2D eigenvalue weighted by atomic mass is 10.7. The van der Waals surface area contributed by atoms with Crippen molar-refractivity contribution in [1.82, 2.24) is 0 Å². The van der Waals surface area contributed by atoms with Crippen LogP contribution in [-0.2, 0) is 25.1 Å². The van der Waals surface area contributed by atoms with Gasteiger partial charge in [-0.05, 0) is 0 Å². The molecule has 10 heavy (non-hydrogen) atoms. The quantitative estimate of drug-likeness (QED) is 0.288. The minimum Gasteiger partial charge on any atom is -0.750 e. The molecule has 0 bridgehead atoms. The minimum absolute atomic E-state index is 0.0329. The molecular formula is C4H7O5S-. The van der Waals surface area contributed by atoms with E-state index in [9.17, 15) is 13.6 Å². The zero-order valence-corrected chi connectivity index (χ0v) is 5.96. The second kappa shape index (κ2) is 6.81. The molecule has 0 fully saturated rings. The van der Waals surface area contributed by atoms with Crippen LogP contribution in [-0.4, -0.2) is 34.9 Å². The first-order valence-electron chi connectivity index (χ1n) is 2.51. The third-order valence-corrected chi connectivity index (χ3v) is 0.952. The molecule has 0 radical (unpaired) electrons. The number of carbonyl (C=O) groups is 1. The van der Waals surface area contributed by atoms with Crippen LogP contribution in [0.3, 0.4) is 0 Å². The van der Waals surface area contributed by atoms with E-state index in [0.29, 0.717) is 6.29 Å². The Hall–Kier alpha value is -0.300. The van der Waals surface area contributed by atoms with E-state index in [1.165, 1.54) is 0 Å². The van der Waals surface area contributed by atoms with E-state index in [4.69, 9.17) is 0 Å². The summed E-state index contributed by atoms with van der Waals surface area (Å²) in [5, 5.41) is 0. The molecule has 60 valence electrons. The summed E-state index contributed by atoms with van der Waals surface area (Å²) < 4.78 is 28.0. The molecular weight excluding hydrogens is 160 g/mol. The number of rotatable bonds is 6. The highest BCUT2D eigenvalue weighted by atomic mass is 32.2. The zero-order chi connectivity index (χ0) is 7.82. The van der Waals surface area contributed by atoms with Gasteiger partial charge >= 0.3 is 0 Å². The van der Waals surface area contributed by atoms with Crippen molar-refractivity contribution < 1.29 is 22.5 Å². The van der Waals surface area contributed by atoms with Crippen LogP contribution in [0.2, 0.25) is 0 Å². The Balaban J connectivity index is 2.90. The molecule has 0 amide bonds. The highest BCUT2D eigenvalue weighted by molar-refractivity contribution is 7.74. The molecule has 5 nitrogen and oxygen atoms in total. The van der Waals surface area contributed by atoms with Crippen molar-refractivity contribution in [3.05, 3.63) is 0 Å². The molecule has 0 rings (SSSR count). The largest absolute Gasteiger partial charge is 0.750 e. The van der Waals surface area contributed by atoms with Gasteiger partial charge in [-0.25, -0.2) is 4.21 Å². The van der Waals surface area contributed by atoms with E-state index in [0.717, 1.165) is 0 Å². The van der Waals surface area contributed by atoms with E-state index < -0.39 is 11.4 Å². The van der Waals surface area contributed by atoms with Gasteiger partial charge in [0.25, 0.3) is 0 Å². The summed E-state index contributed by atoms with van der Waals surface area (Å²) in [7, 11) is 0. The predicted molar refractivity (Wildman–Crippen MR) is 31.8 cm³/mol. The summed E-state index contributed by atoms with van der Waals surface area (Å²) in [6.07, 6.45) is 0.578. The normalized spacial score (nSPS) is 12.9. The van der Waals surface area contributed by atoms with Crippen molar-refractivity contribution in [1.29, 1.82) is 0 Å². The fourth-order valence-electron chi connectivity index (χ4n) is 0.292. The SMILES string of the molecule is O=CCOCCOS(=O)[O-]. The molecule has 0 heterocycles.